The number of hydrogen-bond donors (Lipinski definition) is 1. The van der Waals surface area contributed by atoms with E-state index in [1.165, 1.54) is 31.5 Å². The maximum Gasteiger partial charge on any atom is 0.260 e. The summed E-state index contributed by atoms with van der Waals surface area (Å²) in [4.78, 5) is 14.7. The van der Waals surface area contributed by atoms with Crippen molar-refractivity contribution in [3.8, 4) is 5.75 Å². The predicted octanol–water partition coefficient (Wildman–Crippen LogP) is 3.99. The number of rotatable bonds is 7. The van der Waals surface area contributed by atoms with E-state index in [-0.39, 0.29) is 11.3 Å². The Bertz CT molecular complexity index is 555. The molecule has 4 nitrogen and oxygen atoms in total. The van der Waals surface area contributed by atoms with Crippen LogP contribution in [-0.2, 0) is 10.2 Å². The van der Waals surface area contributed by atoms with Gasteiger partial charge in [-0.2, -0.15) is 0 Å². The molecule has 1 aliphatic rings. The van der Waals surface area contributed by atoms with Crippen LogP contribution in [0.5, 0.6) is 5.75 Å². The van der Waals surface area contributed by atoms with Crippen LogP contribution in [0.25, 0.3) is 0 Å². The van der Waals surface area contributed by atoms with Crippen molar-refractivity contribution in [3.63, 3.8) is 0 Å². The van der Waals surface area contributed by atoms with Crippen molar-refractivity contribution in [2.24, 2.45) is 5.92 Å². The van der Waals surface area contributed by atoms with Crippen LogP contribution >= 0.6 is 0 Å². The smallest absolute Gasteiger partial charge is 0.260 e. The zero-order chi connectivity index (χ0) is 19.2. The second-order valence-electron chi connectivity index (χ2n) is 8.70. The molecule has 0 aromatic heterocycles. The Balaban J connectivity index is 1.67. The van der Waals surface area contributed by atoms with Crippen LogP contribution in [0.2, 0.25) is 0 Å². The molecule has 0 unspecified atom stereocenters. The van der Waals surface area contributed by atoms with Crippen LogP contribution in [0.15, 0.2) is 24.3 Å². The van der Waals surface area contributed by atoms with Crippen molar-refractivity contribution >= 4 is 5.91 Å². The van der Waals surface area contributed by atoms with E-state index in [0.29, 0.717) is 6.54 Å². The van der Waals surface area contributed by atoms with Gasteiger partial charge in [0.2, 0.25) is 0 Å². The maximum absolute atomic E-state index is 12.2. The van der Waals surface area contributed by atoms with E-state index >= 15 is 0 Å². The number of piperidine rings is 1. The van der Waals surface area contributed by atoms with Gasteiger partial charge in [-0.15, -0.1) is 0 Å². The van der Waals surface area contributed by atoms with Crippen LogP contribution in [0.3, 0.4) is 0 Å². The first-order valence-electron chi connectivity index (χ1n) is 10.0. The van der Waals surface area contributed by atoms with Gasteiger partial charge in [0.05, 0.1) is 0 Å². The number of nitrogens with one attached hydrogen (secondary N) is 1. The van der Waals surface area contributed by atoms with Gasteiger partial charge in [-0.05, 0) is 74.8 Å². The van der Waals surface area contributed by atoms with Crippen molar-refractivity contribution in [1.29, 1.82) is 0 Å². The minimum atomic E-state index is -0.480. The van der Waals surface area contributed by atoms with Crippen molar-refractivity contribution in [2.75, 3.05) is 26.2 Å². The van der Waals surface area contributed by atoms with Crippen molar-refractivity contribution in [1.82, 2.24) is 10.2 Å². The van der Waals surface area contributed by atoms with Gasteiger partial charge >= 0.3 is 0 Å². The highest BCUT2D eigenvalue weighted by Gasteiger charge is 2.17. The highest BCUT2D eigenvalue weighted by atomic mass is 16.5. The van der Waals surface area contributed by atoms with Gasteiger partial charge in [-0.1, -0.05) is 39.8 Å². The average molecular weight is 361 g/mol. The standard InChI is InChI=1S/C22H36N2O2/c1-17-11-15-24(16-12-17)14-6-13-23-21(25)18(2)26-20-9-7-19(8-10-20)22(3,4)5/h7-10,17-18H,6,11-16H2,1-5H3,(H,23,25)/t18-/m0/s1. The first-order valence-corrected chi connectivity index (χ1v) is 10.0. The predicted molar refractivity (Wildman–Crippen MR) is 108 cm³/mol. The molecule has 1 saturated heterocycles. The minimum absolute atomic E-state index is 0.0443. The fourth-order valence-electron chi connectivity index (χ4n) is 3.23. The molecule has 0 spiro atoms. The van der Waals surface area contributed by atoms with Crippen molar-refractivity contribution in [3.05, 3.63) is 29.8 Å². The summed E-state index contributed by atoms with van der Waals surface area (Å²) < 4.78 is 5.78. The first-order chi connectivity index (χ1) is 12.3. The zero-order valence-electron chi connectivity index (χ0n) is 17.2. The molecular weight excluding hydrogens is 324 g/mol. The average Bonchev–Trinajstić information content (AvgIpc) is 2.59. The molecule has 1 N–H and O–H groups in total. The largest absolute Gasteiger partial charge is 0.481 e. The Labute approximate surface area is 159 Å². The van der Waals surface area contributed by atoms with Gasteiger partial charge in [0.25, 0.3) is 5.91 Å². The molecule has 26 heavy (non-hydrogen) atoms. The molecule has 1 atom stereocenters. The maximum atomic E-state index is 12.2. The lowest BCUT2D eigenvalue weighted by Gasteiger charge is -2.30. The molecule has 2 rings (SSSR count). The molecule has 1 aromatic carbocycles. The van der Waals surface area contributed by atoms with Crippen LogP contribution in [0, 0.1) is 5.92 Å². The number of carbonyl (C=O) groups is 1. The Morgan fingerprint density at radius 2 is 1.85 bits per heavy atom. The lowest BCUT2D eigenvalue weighted by Crippen LogP contribution is -2.39. The topological polar surface area (TPSA) is 41.6 Å². The van der Waals surface area contributed by atoms with E-state index in [9.17, 15) is 4.79 Å². The van der Waals surface area contributed by atoms with Gasteiger partial charge in [0.1, 0.15) is 5.75 Å². The van der Waals surface area contributed by atoms with E-state index in [0.717, 1.165) is 24.6 Å². The Hall–Kier alpha value is -1.55. The normalized spacial score (nSPS) is 17.7. The Kier molecular flexibility index (Phi) is 7.51. The van der Waals surface area contributed by atoms with E-state index in [4.69, 9.17) is 4.74 Å². The molecule has 0 saturated carbocycles. The lowest BCUT2D eigenvalue weighted by atomic mass is 9.87. The molecule has 146 valence electrons. The number of likely N-dealkylation sites (tertiary alicyclic amines) is 1. The fourth-order valence-corrected chi connectivity index (χ4v) is 3.23. The van der Waals surface area contributed by atoms with E-state index in [2.05, 4.69) is 50.0 Å². The molecule has 1 aliphatic heterocycles. The van der Waals surface area contributed by atoms with Gasteiger partial charge in [-0.3, -0.25) is 4.79 Å². The van der Waals surface area contributed by atoms with Gasteiger partial charge in [0.15, 0.2) is 6.10 Å². The molecule has 0 radical (unpaired) electrons. The number of ether oxygens (including phenoxy) is 1. The van der Waals surface area contributed by atoms with Crippen LogP contribution in [0.4, 0.5) is 0 Å². The molecule has 1 amide bonds. The third kappa shape index (κ3) is 6.64. The lowest BCUT2D eigenvalue weighted by molar-refractivity contribution is -0.127. The summed E-state index contributed by atoms with van der Waals surface area (Å²) in [5.74, 6) is 1.56. The highest BCUT2D eigenvalue weighted by Crippen LogP contribution is 2.24. The second kappa shape index (κ2) is 9.40. The monoisotopic (exact) mass is 360 g/mol. The third-order valence-corrected chi connectivity index (χ3v) is 5.23. The van der Waals surface area contributed by atoms with E-state index in [1.54, 1.807) is 6.92 Å². The quantitative estimate of drug-likeness (QED) is 0.748. The molecule has 0 bridgehead atoms. The van der Waals surface area contributed by atoms with E-state index < -0.39 is 6.10 Å². The fraction of sp³-hybridized carbons (Fsp3) is 0.682. The number of amides is 1. The van der Waals surface area contributed by atoms with Crippen LogP contribution < -0.4 is 10.1 Å². The van der Waals surface area contributed by atoms with Crippen LogP contribution in [0.1, 0.15) is 59.4 Å². The van der Waals surface area contributed by atoms with Gasteiger partial charge in [0, 0.05) is 6.54 Å². The summed E-state index contributed by atoms with van der Waals surface area (Å²) in [6.45, 7) is 14.8. The summed E-state index contributed by atoms with van der Waals surface area (Å²) in [7, 11) is 0. The third-order valence-electron chi connectivity index (χ3n) is 5.23. The van der Waals surface area contributed by atoms with Crippen molar-refractivity contribution < 1.29 is 9.53 Å². The minimum Gasteiger partial charge on any atom is -0.481 e. The van der Waals surface area contributed by atoms with E-state index in [1.807, 2.05) is 12.1 Å². The summed E-state index contributed by atoms with van der Waals surface area (Å²) in [5, 5.41) is 3.00. The Morgan fingerprint density at radius 1 is 1.23 bits per heavy atom. The summed E-state index contributed by atoms with van der Waals surface area (Å²) in [6, 6.07) is 8.03. The first kappa shape index (κ1) is 20.8. The van der Waals surface area contributed by atoms with Gasteiger partial charge < -0.3 is 15.0 Å². The number of benzene rings is 1. The molecular formula is C22H36N2O2. The highest BCUT2D eigenvalue weighted by molar-refractivity contribution is 5.80. The summed E-state index contributed by atoms with van der Waals surface area (Å²) in [5.41, 5.74) is 1.38. The van der Waals surface area contributed by atoms with Crippen LogP contribution in [-0.4, -0.2) is 43.1 Å². The summed E-state index contributed by atoms with van der Waals surface area (Å²) >= 11 is 0. The molecule has 0 aliphatic carbocycles. The number of nitrogens with zero attached hydrogens (tertiary/aromatic N) is 1. The zero-order valence-corrected chi connectivity index (χ0v) is 17.2. The SMILES string of the molecule is CC1CCN(CCCNC(=O)[C@H](C)Oc2ccc(C(C)(C)C)cc2)CC1. The second-order valence-corrected chi connectivity index (χ2v) is 8.70. The molecule has 1 fully saturated rings. The Morgan fingerprint density at radius 3 is 2.42 bits per heavy atom. The molecule has 1 aromatic rings. The number of carbonyl (C=O) groups excluding carboxylic acids is 1. The summed E-state index contributed by atoms with van der Waals surface area (Å²) in [6.07, 6.45) is 3.11. The van der Waals surface area contributed by atoms with Gasteiger partial charge in [-0.25, -0.2) is 0 Å². The number of hydrogen-bond acceptors (Lipinski definition) is 3. The van der Waals surface area contributed by atoms with Crippen molar-refractivity contribution in [2.45, 2.75) is 65.4 Å². The molecule has 1 heterocycles. The molecule has 4 heteroatoms.